The number of ether oxygens (including phenoxy) is 1. The largest absolute Gasteiger partial charge is 0.496 e. The molecule has 2 aromatic carbocycles. The molecule has 0 bridgehead atoms. The molecule has 6 heteroatoms. The predicted molar refractivity (Wildman–Crippen MR) is 109 cm³/mol. The summed E-state index contributed by atoms with van der Waals surface area (Å²) in [5.74, 6) is -0.398. The summed E-state index contributed by atoms with van der Waals surface area (Å²) in [7, 11) is 1.56. The van der Waals surface area contributed by atoms with E-state index in [9.17, 15) is 13.6 Å². The van der Waals surface area contributed by atoms with Gasteiger partial charge in [0, 0.05) is 34.7 Å². The van der Waals surface area contributed by atoms with E-state index < -0.39 is 17.5 Å². The number of aryl methyl sites for hydroxylation is 3. The summed E-state index contributed by atoms with van der Waals surface area (Å²) >= 11 is 0. The van der Waals surface area contributed by atoms with Crippen molar-refractivity contribution in [2.45, 2.75) is 34.2 Å². The summed E-state index contributed by atoms with van der Waals surface area (Å²) in [6.07, 6.45) is 1.39. The third-order valence-corrected chi connectivity index (χ3v) is 5.12. The lowest BCUT2D eigenvalue weighted by atomic mass is 9.98. The van der Waals surface area contributed by atoms with Crippen molar-refractivity contribution in [2.24, 2.45) is 0 Å². The van der Waals surface area contributed by atoms with E-state index in [4.69, 9.17) is 9.15 Å². The molecule has 3 rings (SSSR count). The lowest BCUT2D eigenvalue weighted by Gasteiger charge is -2.13. The first-order valence-electron chi connectivity index (χ1n) is 9.21. The molecule has 0 radical (unpaired) electrons. The highest BCUT2D eigenvalue weighted by atomic mass is 19.1. The number of benzene rings is 2. The first-order valence-corrected chi connectivity index (χ1v) is 9.21. The van der Waals surface area contributed by atoms with Crippen LogP contribution in [0.2, 0.25) is 0 Å². The van der Waals surface area contributed by atoms with Crippen LogP contribution in [0.15, 0.2) is 34.8 Å². The number of fused-ring (bicyclic) bond motifs is 1. The number of hydrogen-bond acceptors (Lipinski definition) is 3. The zero-order valence-electron chi connectivity index (χ0n) is 17.1. The second-order valence-electron chi connectivity index (χ2n) is 6.99. The number of halogens is 2. The van der Waals surface area contributed by atoms with Gasteiger partial charge in [-0.05, 0) is 57.0 Å². The molecule has 0 spiro atoms. The summed E-state index contributed by atoms with van der Waals surface area (Å²) in [4.78, 5) is 12.4. The molecule has 0 aliphatic carbocycles. The van der Waals surface area contributed by atoms with Crippen molar-refractivity contribution in [1.82, 2.24) is 5.32 Å². The van der Waals surface area contributed by atoms with E-state index in [1.807, 2.05) is 26.8 Å². The van der Waals surface area contributed by atoms with Crippen molar-refractivity contribution in [3.05, 3.63) is 70.0 Å². The van der Waals surface area contributed by atoms with Gasteiger partial charge in [-0.25, -0.2) is 8.78 Å². The number of furan rings is 1. The van der Waals surface area contributed by atoms with Crippen LogP contribution in [0, 0.1) is 32.4 Å². The zero-order chi connectivity index (χ0) is 21.3. The number of nitrogens with one attached hydrogen (secondary N) is 1. The van der Waals surface area contributed by atoms with Crippen LogP contribution in [0.25, 0.3) is 16.5 Å². The summed E-state index contributed by atoms with van der Waals surface area (Å²) in [6.45, 7) is 7.33. The van der Waals surface area contributed by atoms with Gasteiger partial charge in [-0.3, -0.25) is 4.79 Å². The minimum atomic E-state index is -0.695. The molecule has 152 valence electrons. The van der Waals surface area contributed by atoms with Crippen molar-refractivity contribution in [2.75, 3.05) is 7.11 Å². The molecular weight excluding hydrogens is 376 g/mol. The Morgan fingerprint density at radius 3 is 2.45 bits per heavy atom. The van der Waals surface area contributed by atoms with Crippen LogP contribution in [0.5, 0.6) is 5.75 Å². The highest BCUT2D eigenvalue weighted by Gasteiger charge is 2.18. The average Bonchev–Trinajstić information content (AvgIpc) is 2.96. The minimum Gasteiger partial charge on any atom is -0.496 e. The highest BCUT2D eigenvalue weighted by Crippen LogP contribution is 2.38. The molecule has 0 saturated carbocycles. The summed E-state index contributed by atoms with van der Waals surface area (Å²) in [5, 5.41) is 3.49. The van der Waals surface area contributed by atoms with E-state index >= 15 is 0 Å². The van der Waals surface area contributed by atoms with Crippen LogP contribution in [-0.4, -0.2) is 13.0 Å². The Morgan fingerprint density at radius 2 is 1.83 bits per heavy atom. The van der Waals surface area contributed by atoms with E-state index in [1.165, 1.54) is 12.1 Å². The quantitative estimate of drug-likeness (QED) is 0.587. The van der Waals surface area contributed by atoms with Crippen molar-refractivity contribution in [3.8, 4) is 5.75 Å². The monoisotopic (exact) mass is 399 g/mol. The maximum atomic E-state index is 13.7. The van der Waals surface area contributed by atoms with E-state index in [1.54, 1.807) is 14.0 Å². The molecule has 29 heavy (non-hydrogen) atoms. The molecular formula is C23H23F2NO3. The predicted octanol–water partition coefficient (Wildman–Crippen LogP) is 5.36. The number of allylic oxidation sites excluding steroid dienone is 1. The number of carbonyl (C=O) groups excluding carboxylic acids is 1. The summed E-state index contributed by atoms with van der Waals surface area (Å²) in [6, 6.07) is 5.53. The molecule has 1 aromatic heterocycles. The maximum Gasteiger partial charge on any atom is 0.244 e. The van der Waals surface area contributed by atoms with Crippen LogP contribution in [0.4, 0.5) is 8.78 Å². The summed E-state index contributed by atoms with van der Waals surface area (Å²) < 4.78 is 38.9. The molecule has 0 fully saturated rings. The zero-order valence-corrected chi connectivity index (χ0v) is 17.1. The normalized spacial score (nSPS) is 11.8. The first-order chi connectivity index (χ1) is 13.7. The van der Waals surface area contributed by atoms with Gasteiger partial charge in [0.1, 0.15) is 28.7 Å². The Bertz CT molecular complexity index is 1110. The van der Waals surface area contributed by atoms with Gasteiger partial charge in [0.2, 0.25) is 5.91 Å². The molecule has 1 N–H and O–H groups in total. The lowest BCUT2D eigenvalue weighted by Crippen LogP contribution is -2.22. The molecule has 4 nitrogen and oxygen atoms in total. The Hall–Kier alpha value is -3.15. The van der Waals surface area contributed by atoms with Gasteiger partial charge >= 0.3 is 0 Å². The molecule has 3 aromatic rings. The third-order valence-electron chi connectivity index (χ3n) is 5.12. The van der Waals surface area contributed by atoms with Gasteiger partial charge in [-0.1, -0.05) is 6.07 Å². The lowest BCUT2D eigenvalue weighted by molar-refractivity contribution is -0.116. The van der Waals surface area contributed by atoms with E-state index in [2.05, 4.69) is 5.32 Å². The average molecular weight is 399 g/mol. The molecule has 0 aliphatic rings. The number of amides is 1. The Kier molecular flexibility index (Phi) is 5.73. The molecule has 0 saturated heterocycles. The van der Waals surface area contributed by atoms with Gasteiger partial charge in [0.05, 0.1) is 7.11 Å². The molecule has 1 amide bonds. The van der Waals surface area contributed by atoms with Crippen LogP contribution in [0.1, 0.15) is 34.9 Å². The van der Waals surface area contributed by atoms with Crippen molar-refractivity contribution in [1.29, 1.82) is 0 Å². The van der Waals surface area contributed by atoms with Crippen LogP contribution < -0.4 is 10.1 Å². The highest BCUT2D eigenvalue weighted by molar-refractivity contribution is 5.98. The van der Waals surface area contributed by atoms with Gasteiger partial charge in [0.15, 0.2) is 0 Å². The Balaban J connectivity index is 1.91. The number of methoxy groups -OCH3 is 1. The van der Waals surface area contributed by atoms with E-state index in [-0.39, 0.29) is 12.1 Å². The van der Waals surface area contributed by atoms with Gasteiger partial charge in [0.25, 0.3) is 0 Å². The van der Waals surface area contributed by atoms with Crippen LogP contribution >= 0.6 is 0 Å². The topological polar surface area (TPSA) is 51.5 Å². The van der Waals surface area contributed by atoms with Crippen molar-refractivity contribution < 1.29 is 22.7 Å². The minimum absolute atomic E-state index is 0.175. The fraction of sp³-hybridized carbons (Fsp3) is 0.261. The smallest absolute Gasteiger partial charge is 0.244 e. The van der Waals surface area contributed by atoms with Crippen LogP contribution in [-0.2, 0) is 11.3 Å². The van der Waals surface area contributed by atoms with E-state index in [0.717, 1.165) is 45.6 Å². The van der Waals surface area contributed by atoms with Gasteiger partial charge in [-0.2, -0.15) is 0 Å². The Labute approximate surface area is 168 Å². The van der Waals surface area contributed by atoms with Crippen LogP contribution in [0.3, 0.4) is 0 Å². The Morgan fingerprint density at radius 1 is 1.17 bits per heavy atom. The molecule has 0 unspecified atom stereocenters. The summed E-state index contributed by atoms with van der Waals surface area (Å²) in [5.41, 5.74) is 3.88. The third kappa shape index (κ3) is 3.88. The second-order valence-corrected chi connectivity index (χ2v) is 6.99. The number of hydrogen-bond donors (Lipinski definition) is 1. The van der Waals surface area contributed by atoms with Gasteiger partial charge < -0.3 is 14.5 Å². The van der Waals surface area contributed by atoms with Crippen molar-refractivity contribution >= 4 is 22.4 Å². The fourth-order valence-electron chi connectivity index (χ4n) is 3.37. The fourth-order valence-corrected chi connectivity index (χ4v) is 3.37. The molecule has 0 atom stereocenters. The number of rotatable bonds is 5. The molecule has 0 aliphatic heterocycles. The SMILES string of the molecule is COc1c(/C(C)=C/C(=O)NCc2c(F)cccc2F)cc2c(C)c(C)oc2c1C. The van der Waals surface area contributed by atoms with E-state index in [0.29, 0.717) is 11.3 Å². The van der Waals surface area contributed by atoms with Gasteiger partial charge in [-0.15, -0.1) is 0 Å². The number of carbonyl (C=O) groups is 1. The second kappa shape index (κ2) is 8.07. The van der Waals surface area contributed by atoms with Crippen molar-refractivity contribution in [3.63, 3.8) is 0 Å². The maximum absolute atomic E-state index is 13.7. The molecule has 1 heterocycles. The standard InChI is InChI=1S/C23H23F2NO3/c1-12(9-21(27)26-11-18-19(24)7-6-8-20(18)25)16-10-17-13(2)15(4)29-23(17)14(3)22(16)28-5/h6-10H,11H2,1-5H3,(H,26,27)/b12-9+. The first kappa shape index (κ1) is 20.6.